The Bertz CT molecular complexity index is 828. The van der Waals surface area contributed by atoms with Crippen LogP contribution < -0.4 is 10.1 Å². The first-order valence-corrected chi connectivity index (χ1v) is 10.3. The average molecular weight is 437 g/mol. The summed E-state index contributed by atoms with van der Waals surface area (Å²) in [5.41, 5.74) is 0.708. The first kappa shape index (κ1) is 23.0. The minimum Gasteiger partial charge on any atom is -0.484 e. The molecule has 1 N–H and O–H groups in total. The second-order valence-electron chi connectivity index (χ2n) is 6.95. The van der Waals surface area contributed by atoms with E-state index in [0.29, 0.717) is 27.8 Å². The Morgan fingerprint density at radius 3 is 2.38 bits per heavy atom. The first-order valence-electron chi connectivity index (χ1n) is 9.53. The maximum Gasteiger partial charge on any atom is 0.261 e. The van der Waals surface area contributed by atoms with Gasteiger partial charge in [0, 0.05) is 22.6 Å². The lowest BCUT2D eigenvalue weighted by Crippen LogP contribution is -2.51. The third-order valence-corrected chi connectivity index (χ3v) is 4.87. The molecule has 0 unspecified atom stereocenters. The van der Waals surface area contributed by atoms with Crippen molar-refractivity contribution in [2.75, 3.05) is 6.61 Å². The molecule has 0 fully saturated rings. The SMILES string of the molecule is CC[C@H](C(=O)NC(C)C)N(Cc1ccc(Cl)cc1Cl)C(=O)COc1ccccc1. The highest BCUT2D eigenvalue weighted by molar-refractivity contribution is 6.35. The molecule has 7 heteroatoms. The molecular weight excluding hydrogens is 411 g/mol. The second-order valence-corrected chi connectivity index (χ2v) is 7.79. The zero-order valence-electron chi connectivity index (χ0n) is 16.8. The molecule has 2 rings (SSSR count). The van der Waals surface area contributed by atoms with Crippen LogP contribution in [-0.2, 0) is 16.1 Å². The topological polar surface area (TPSA) is 58.6 Å². The molecule has 0 aliphatic heterocycles. The van der Waals surface area contributed by atoms with E-state index >= 15 is 0 Å². The number of carbonyl (C=O) groups excluding carboxylic acids is 2. The lowest BCUT2D eigenvalue weighted by Gasteiger charge is -2.31. The van der Waals surface area contributed by atoms with E-state index in [9.17, 15) is 9.59 Å². The van der Waals surface area contributed by atoms with Gasteiger partial charge in [0.2, 0.25) is 5.91 Å². The molecule has 0 radical (unpaired) electrons. The molecule has 0 saturated heterocycles. The Kier molecular flexibility index (Phi) is 8.80. The average Bonchev–Trinajstić information content (AvgIpc) is 2.68. The fourth-order valence-corrected chi connectivity index (χ4v) is 3.35. The van der Waals surface area contributed by atoms with Crippen molar-refractivity contribution in [3.63, 3.8) is 0 Å². The van der Waals surface area contributed by atoms with E-state index in [1.165, 1.54) is 4.90 Å². The van der Waals surface area contributed by atoms with Crippen molar-refractivity contribution in [2.24, 2.45) is 0 Å². The molecule has 0 aromatic heterocycles. The molecule has 0 bridgehead atoms. The number of amides is 2. The Labute approximate surface area is 181 Å². The number of hydrogen-bond donors (Lipinski definition) is 1. The van der Waals surface area contributed by atoms with E-state index in [4.69, 9.17) is 27.9 Å². The third kappa shape index (κ3) is 6.94. The van der Waals surface area contributed by atoms with Crippen LogP contribution in [0.25, 0.3) is 0 Å². The smallest absolute Gasteiger partial charge is 0.261 e. The van der Waals surface area contributed by atoms with Crippen molar-refractivity contribution in [2.45, 2.75) is 45.8 Å². The van der Waals surface area contributed by atoms with Crippen LogP contribution in [0.5, 0.6) is 5.75 Å². The Morgan fingerprint density at radius 2 is 1.79 bits per heavy atom. The molecule has 156 valence electrons. The number of para-hydroxylation sites is 1. The minimum atomic E-state index is -0.643. The summed E-state index contributed by atoms with van der Waals surface area (Å²) in [6.45, 7) is 5.63. The monoisotopic (exact) mass is 436 g/mol. The fourth-order valence-electron chi connectivity index (χ4n) is 2.88. The lowest BCUT2D eigenvalue weighted by atomic mass is 10.1. The van der Waals surface area contributed by atoms with E-state index in [1.54, 1.807) is 30.3 Å². The lowest BCUT2D eigenvalue weighted by molar-refractivity contribution is -0.143. The molecule has 2 amide bonds. The number of nitrogens with one attached hydrogen (secondary N) is 1. The van der Waals surface area contributed by atoms with Crippen LogP contribution in [0, 0.1) is 0 Å². The van der Waals surface area contributed by atoms with Gasteiger partial charge in [0.05, 0.1) is 0 Å². The predicted molar refractivity (Wildman–Crippen MR) is 116 cm³/mol. The van der Waals surface area contributed by atoms with Crippen LogP contribution in [-0.4, -0.2) is 35.4 Å². The van der Waals surface area contributed by atoms with Crippen LogP contribution >= 0.6 is 23.2 Å². The molecule has 0 aliphatic carbocycles. The molecule has 0 heterocycles. The van der Waals surface area contributed by atoms with Crippen LogP contribution in [0.15, 0.2) is 48.5 Å². The van der Waals surface area contributed by atoms with Gasteiger partial charge in [0.1, 0.15) is 11.8 Å². The highest BCUT2D eigenvalue weighted by Crippen LogP contribution is 2.24. The van der Waals surface area contributed by atoms with Crippen molar-refractivity contribution in [1.82, 2.24) is 10.2 Å². The maximum atomic E-state index is 13.0. The van der Waals surface area contributed by atoms with Crippen molar-refractivity contribution >= 4 is 35.0 Å². The van der Waals surface area contributed by atoms with Gasteiger partial charge in [-0.1, -0.05) is 54.4 Å². The molecule has 0 spiro atoms. The van der Waals surface area contributed by atoms with E-state index in [-0.39, 0.29) is 31.0 Å². The maximum absolute atomic E-state index is 13.0. The van der Waals surface area contributed by atoms with Gasteiger partial charge < -0.3 is 15.0 Å². The van der Waals surface area contributed by atoms with Gasteiger partial charge >= 0.3 is 0 Å². The van der Waals surface area contributed by atoms with Crippen molar-refractivity contribution in [3.05, 3.63) is 64.1 Å². The summed E-state index contributed by atoms with van der Waals surface area (Å²) >= 11 is 12.3. The second kappa shape index (κ2) is 11.1. The Balaban J connectivity index is 2.24. The zero-order valence-corrected chi connectivity index (χ0v) is 18.3. The first-order chi connectivity index (χ1) is 13.8. The van der Waals surface area contributed by atoms with Gasteiger partial charge in [-0.15, -0.1) is 0 Å². The van der Waals surface area contributed by atoms with Gasteiger partial charge in [-0.25, -0.2) is 0 Å². The van der Waals surface area contributed by atoms with E-state index in [1.807, 2.05) is 39.0 Å². The Morgan fingerprint density at radius 1 is 1.10 bits per heavy atom. The van der Waals surface area contributed by atoms with Crippen LogP contribution in [0.1, 0.15) is 32.8 Å². The molecule has 0 saturated carbocycles. The zero-order chi connectivity index (χ0) is 21.4. The summed E-state index contributed by atoms with van der Waals surface area (Å²) in [4.78, 5) is 27.3. The summed E-state index contributed by atoms with van der Waals surface area (Å²) in [6.07, 6.45) is 0.459. The molecule has 0 aliphatic rings. The number of carbonyl (C=O) groups is 2. The highest BCUT2D eigenvalue weighted by atomic mass is 35.5. The normalized spacial score (nSPS) is 11.8. The summed E-state index contributed by atoms with van der Waals surface area (Å²) in [7, 11) is 0. The van der Waals surface area contributed by atoms with Gasteiger partial charge in [-0.3, -0.25) is 9.59 Å². The third-order valence-electron chi connectivity index (χ3n) is 4.28. The largest absolute Gasteiger partial charge is 0.484 e. The van der Waals surface area contributed by atoms with Crippen molar-refractivity contribution < 1.29 is 14.3 Å². The highest BCUT2D eigenvalue weighted by Gasteiger charge is 2.29. The number of nitrogens with zero attached hydrogens (tertiary/aromatic N) is 1. The molecule has 2 aromatic rings. The number of hydrogen-bond acceptors (Lipinski definition) is 3. The van der Waals surface area contributed by atoms with Crippen LogP contribution in [0.3, 0.4) is 0 Å². The number of ether oxygens (including phenoxy) is 1. The molecule has 5 nitrogen and oxygen atoms in total. The van der Waals surface area contributed by atoms with E-state index in [2.05, 4.69) is 5.32 Å². The Hall–Kier alpha value is -2.24. The van der Waals surface area contributed by atoms with Crippen molar-refractivity contribution in [3.8, 4) is 5.75 Å². The van der Waals surface area contributed by atoms with Crippen LogP contribution in [0.4, 0.5) is 0 Å². The van der Waals surface area contributed by atoms with Crippen LogP contribution in [0.2, 0.25) is 10.0 Å². The number of benzene rings is 2. The summed E-state index contributed by atoms with van der Waals surface area (Å²) in [5.74, 6) is 0.0799. The molecule has 2 aromatic carbocycles. The summed E-state index contributed by atoms with van der Waals surface area (Å²) in [5, 5.41) is 3.84. The van der Waals surface area contributed by atoms with E-state index in [0.717, 1.165) is 0 Å². The molecule has 29 heavy (non-hydrogen) atoms. The number of rotatable bonds is 9. The standard InChI is InChI=1S/C22H26Cl2N2O3/c1-4-20(22(28)25-15(2)3)26(13-16-10-11-17(23)12-19(16)24)21(27)14-29-18-8-6-5-7-9-18/h5-12,15,20H,4,13-14H2,1-3H3,(H,25,28)/t20-/m1/s1. The minimum absolute atomic E-state index is 0.0341. The van der Waals surface area contributed by atoms with Crippen molar-refractivity contribution in [1.29, 1.82) is 0 Å². The van der Waals surface area contributed by atoms with E-state index < -0.39 is 6.04 Å². The predicted octanol–water partition coefficient (Wildman–Crippen LogP) is 4.70. The molecular formula is C22H26Cl2N2O3. The summed E-state index contributed by atoms with van der Waals surface area (Å²) < 4.78 is 5.61. The van der Waals surface area contributed by atoms with Gasteiger partial charge in [0.15, 0.2) is 6.61 Å². The molecule has 1 atom stereocenters. The fraction of sp³-hybridized carbons (Fsp3) is 0.364. The summed E-state index contributed by atoms with van der Waals surface area (Å²) in [6, 6.07) is 13.5. The number of halogens is 2. The quantitative estimate of drug-likeness (QED) is 0.619. The van der Waals surface area contributed by atoms with Gasteiger partial charge in [0.25, 0.3) is 5.91 Å². The van der Waals surface area contributed by atoms with Gasteiger partial charge in [-0.2, -0.15) is 0 Å². The van der Waals surface area contributed by atoms with Gasteiger partial charge in [-0.05, 0) is 50.1 Å².